The van der Waals surface area contributed by atoms with Gasteiger partial charge in [-0.1, -0.05) is 86.8 Å². The summed E-state index contributed by atoms with van der Waals surface area (Å²) in [6, 6.07) is 3.98. The average molecular weight is 381 g/mol. The molecule has 0 aliphatic heterocycles. The van der Waals surface area contributed by atoms with E-state index in [1.54, 1.807) is 0 Å². The lowest BCUT2D eigenvalue weighted by Crippen LogP contribution is -2.23. The quantitative estimate of drug-likeness (QED) is 0.415. The highest BCUT2D eigenvalue weighted by Crippen LogP contribution is 2.41. The number of aromatic hydroxyl groups is 1. The fourth-order valence-corrected chi connectivity index (χ4v) is 3.54. The number of phenols is 1. The van der Waals surface area contributed by atoms with Crippen molar-refractivity contribution in [2.75, 3.05) is 0 Å². The minimum Gasteiger partial charge on any atom is -0.507 e. The van der Waals surface area contributed by atoms with Crippen molar-refractivity contribution in [3.05, 3.63) is 28.8 Å². The second-order valence-electron chi connectivity index (χ2n) is 9.55. The number of hydrogen-bond acceptors (Lipinski definition) is 2. The van der Waals surface area contributed by atoms with Crippen molar-refractivity contribution in [3.8, 4) is 5.75 Å². The SMILES string of the molecule is CCCCCC(Cl)C(=O)C(C)c1cc(C(C)(C)C)c(O)c(C(C)(C)C)c1. The zero-order valence-corrected chi connectivity index (χ0v) is 18.6. The maximum Gasteiger partial charge on any atom is 0.157 e. The van der Waals surface area contributed by atoms with Gasteiger partial charge in [-0.2, -0.15) is 0 Å². The summed E-state index contributed by atoms with van der Waals surface area (Å²) in [5.74, 6) is 0.147. The van der Waals surface area contributed by atoms with Crippen LogP contribution in [0.4, 0.5) is 0 Å². The molecule has 0 amide bonds. The number of phenolic OH excluding ortho intramolecular Hbond substituents is 1. The van der Waals surface area contributed by atoms with Gasteiger partial charge in [0.15, 0.2) is 5.78 Å². The molecule has 0 aliphatic rings. The summed E-state index contributed by atoms with van der Waals surface area (Å²) in [6.07, 6.45) is 3.94. The third-order valence-corrected chi connectivity index (χ3v) is 5.48. The fourth-order valence-electron chi connectivity index (χ4n) is 3.20. The highest BCUT2D eigenvalue weighted by molar-refractivity contribution is 6.31. The van der Waals surface area contributed by atoms with Crippen molar-refractivity contribution in [3.63, 3.8) is 0 Å². The molecular weight excluding hydrogens is 344 g/mol. The first-order chi connectivity index (χ1) is 11.8. The number of Topliss-reactive ketones (excluding diaryl/α,β-unsaturated/α-hetero) is 1. The summed E-state index contributed by atoms with van der Waals surface area (Å²) in [6.45, 7) is 16.6. The third kappa shape index (κ3) is 5.74. The fraction of sp³-hybridized carbons (Fsp3) is 0.696. The first-order valence-electron chi connectivity index (χ1n) is 9.86. The molecule has 2 unspecified atom stereocenters. The van der Waals surface area contributed by atoms with Crippen molar-refractivity contribution >= 4 is 17.4 Å². The van der Waals surface area contributed by atoms with E-state index in [9.17, 15) is 9.90 Å². The molecule has 0 radical (unpaired) electrons. The van der Waals surface area contributed by atoms with E-state index in [4.69, 9.17) is 11.6 Å². The summed E-state index contributed by atoms with van der Waals surface area (Å²) >= 11 is 6.40. The second-order valence-corrected chi connectivity index (χ2v) is 10.1. The van der Waals surface area contributed by atoms with Gasteiger partial charge in [0.25, 0.3) is 0 Å². The Labute approximate surface area is 165 Å². The Bertz CT molecular complexity index is 585. The third-order valence-electron chi connectivity index (χ3n) is 5.04. The Morgan fingerprint density at radius 1 is 1.04 bits per heavy atom. The van der Waals surface area contributed by atoms with E-state index in [1.165, 1.54) is 0 Å². The number of rotatable bonds is 7. The lowest BCUT2D eigenvalue weighted by molar-refractivity contribution is -0.119. The zero-order chi connectivity index (χ0) is 20.3. The molecule has 0 fully saturated rings. The molecule has 1 aromatic carbocycles. The van der Waals surface area contributed by atoms with E-state index in [0.29, 0.717) is 5.75 Å². The van der Waals surface area contributed by atoms with Gasteiger partial charge in [0.2, 0.25) is 0 Å². The van der Waals surface area contributed by atoms with E-state index < -0.39 is 5.38 Å². The van der Waals surface area contributed by atoms with Crippen LogP contribution in [0.3, 0.4) is 0 Å². The molecule has 1 rings (SSSR count). The smallest absolute Gasteiger partial charge is 0.157 e. The highest BCUT2D eigenvalue weighted by atomic mass is 35.5. The minimum absolute atomic E-state index is 0.0770. The Kier molecular flexibility index (Phi) is 7.77. The van der Waals surface area contributed by atoms with Crippen LogP contribution >= 0.6 is 11.6 Å². The molecule has 0 heterocycles. The van der Waals surface area contributed by atoms with Gasteiger partial charge in [0, 0.05) is 5.92 Å². The van der Waals surface area contributed by atoms with Crippen LogP contribution in [0.25, 0.3) is 0 Å². The highest BCUT2D eigenvalue weighted by Gasteiger charge is 2.30. The van der Waals surface area contributed by atoms with Gasteiger partial charge in [0.05, 0.1) is 5.38 Å². The van der Waals surface area contributed by atoms with Gasteiger partial charge in [0.1, 0.15) is 5.75 Å². The molecule has 0 aromatic heterocycles. The Morgan fingerprint density at radius 3 is 1.88 bits per heavy atom. The Hall–Kier alpha value is -1.02. The maximum atomic E-state index is 12.9. The number of carbonyl (C=O) groups is 1. The van der Waals surface area contributed by atoms with Gasteiger partial charge in [-0.15, -0.1) is 11.6 Å². The van der Waals surface area contributed by atoms with Gasteiger partial charge >= 0.3 is 0 Å². The van der Waals surface area contributed by atoms with Crippen molar-refractivity contribution in [1.82, 2.24) is 0 Å². The van der Waals surface area contributed by atoms with E-state index in [-0.39, 0.29) is 22.5 Å². The van der Waals surface area contributed by atoms with Gasteiger partial charge in [-0.05, 0) is 33.9 Å². The standard InChI is InChI=1S/C23H37ClO2/c1-9-10-11-12-19(24)20(25)15(2)16-13-17(22(3,4)5)21(26)18(14-16)23(6,7)8/h13-15,19,26H,9-12H2,1-8H3. The number of benzene rings is 1. The van der Waals surface area contributed by atoms with E-state index >= 15 is 0 Å². The van der Waals surface area contributed by atoms with Crippen LogP contribution in [0, 0.1) is 0 Å². The summed E-state index contributed by atoms with van der Waals surface area (Å²) in [4.78, 5) is 12.9. The van der Waals surface area contributed by atoms with Crippen LogP contribution in [0.15, 0.2) is 12.1 Å². The van der Waals surface area contributed by atoms with Gasteiger partial charge in [-0.25, -0.2) is 0 Å². The van der Waals surface area contributed by atoms with Crippen molar-refractivity contribution in [2.24, 2.45) is 0 Å². The molecule has 2 atom stereocenters. The first kappa shape index (κ1) is 23.0. The van der Waals surface area contributed by atoms with Crippen LogP contribution in [0.1, 0.15) is 104 Å². The summed E-state index contributed by atoms with van der Waals surface area (Å²) in [5.41, 5.74) is 2.31. The number of ketones is 1. The molecule has 0 saturated carbocycles. The normalized spacial score (nSPS) is 15.0. The monoisotopic (exact) mass is 380 g/mol. The van der Waals surface area contributed by atoms with Crippen molar-refractivity contribution in [2.45, 2.75) is 103 Å². The molecule has 0 bridgehead atoms. The summed E-state index contributed by atoms with van der Waals surface area (Å²) < 4.78 is 0. The number of unbranched alkanes of at least 4 members (excludes halogenated alkanes) is 2. The molecule has 26 heavy (non-hydrogen) atoms. The largest absolute Gasteiger partial charge is 0.507 e. The van der Waals surface area contributed by atoms with Crippen LogP contribution in [-0.2, 0) is 15.6 Å². The summed E-state index contributed by atoms with van der Waals surface area (Å²) in [7, 11) is 0. The van der Waals surface area contributed by atoms with Gasteiger partial charge in [-0.3, -0.25) is 4.79 Å². The molecule has 1 N–H and O–H groups in total. The number of halogens is 1. The summed E-state index contributed by atoms with van der Waals surface area (Å²) in [5, 5.41) is 10.4. The first-order valence-corrected chi connectivity index (χ1v) is 10.3. The molecule has 2 nitrogen and oxygen atoms in total. The Balaban J connectivity index is 3.28. The minimum atomic E-state index is -0.443. The lowest BCUT2D eigenvalue weighted by Gasteiger charge is -2.29. The lowest BCUT2D eigenvalue weighted by atomic mass is 9.76. The molecule has 0 spiro atoms. The number of alkyl halides is 1. The van der Waals surface area contributed by atoms with Gasteiger partial charge < -0.3 is 5.11 Å². The average Bonchev–Trinajstić information content (AvgIpc) is 2.51. The predicted octanol–water partition coefficient (Wildman–Crippen LogP) is 6.85. The van der Waals surface area contributed by atoms with Crippen LogP contribution in [0.5, 0.6) is 5.75 Å². The zero-order valence-electron chi connectivity index (χ0n) is 17.9. The van der Waals surface area contributed by atoms with E-state index in [0.717, 1.165) is 42.4 Å². The molecular formula is C23H37ClO2. The molecule has 1 aromatic rings. The second kappa shape index (κ2) is 8.78. The van der Waals surface area contributed by atoms with Crippen LogP contribution < -0.4 is 0 Å². The van der Waals surface area contributed by atoms with Crippen molar-refractivity contribution < 1.29 is 9.90 Å². The van der Waals surface area contributed by atoms with Crippen LogP contribution in [0.2, 0.25) is 0 Å². The van der Waals surface area contributed by atoms with E-state index in [2.05, 4.69) is 48.5 Å². The predicted molar refractivity (Wildman–Crippen MR) is 113 cm³/mol. The molecule has 0 aliphatic carbocycles. The Morgan fingerprint density at radius 2 is 1.50 bits per heavy atom. The number of carbonyl (C=O) groups excluding carboxylic acids is 1. The molecule has 3 heteroatoms. The molecule has 148 valence electrons. The van der Waals surface area contributed by atoms with E-state index in [1.807, 2.05) is 19.1 Å². The van der Waals surface area contributed by atoms with Crippen LogP contribution in [-0.4, -0.2) is 16.3 Å². The van der Waals surface area contributed by atoms with Crippen molar-refractivity contribution in [1.29, 1.82) is 0 Å². The topological polar surface area (TPSA) is 37.3 Å². The maximum absolute atomic E-state index is 12.9. The molecule has 0 saturated heterocycles. The number of hydrogen-bond donors (Lipinski definition) is 1.